The Morgan fingerprint density at radius 1 is 1.10 bits per heavy atom. The molecule has 0 spiro atoms. The molecule has 0 fully saturated rings. The Labute approximate surface area is 181 Å². The lowest BCUT2D eigenvalue weighted by atomic mass is 10.2. The normalized spacial score (nSPS) is 10.2. The molecule has 0 aliphatic heterocycles. The molecule has 0 saturated carbocycles. The smallest absolute Gasteiger partial charge is 0.261 e. The molecule has 2 aromatic carbocycles. The monoisotopic (exact) mass is 436 g/mol. The molecular weight excluding hydrogens is 412 g/mol. The molecular formula is C21H25ClN2O4S. The number of thiocarbonyl (C=S) groups is 1. The number of halogens is 1. The molecule has 0 aliphatic rings. The molecule has 156 valence electrons. The van der Waals surface area contributed by atoms with Gasteiger partial charge in [0.1, 0.15) is 5.75 Å². The van der Waals surface area contributed by atoms with Gasteiger partial charge >= 0.3 is 0 Å². The van der Waals surface area contributed by atoms with E-state index in [1.165, 1.54) is 0 Å². The van der Waals surface area contributed by atoms with E-state index >= 15 is 0 Å². The highest BCUT2D eigenvalue weighted by molar-refractivity contribution is 7.80. The summed E-state index contributed by atoms with van der Waals surface area (Å²) in [6.07, 6.45) is 1.93. The average Bonchev–Trinajstić information content (AvgIpc) is 2.73. The van der Waals surface area contributed by atoms with Crippen LogP contribution in [0.15, 0.2) is 36.4 Å². The summed E-state index contributed by atoms with van der Waals surface area (Å²) in [5.41, 5.74) is 1.18. The fraction of sp³-hybridized carbons (Fsp3) is 0.333. The van der Waals surface area contributed by atoms with E-state index in [4.69, 9.17) is 38.0 Å². The number of carbonyl (C=O) groups is 1. The molecule has 0 saturated heterocycles. The van der Waals surface area contributed by atoms with Crippen molar-refractivity contribution in [3.63, 3.8) is 0 Å². The van der Waals surface area contributed by atoms with Gasteiger partial charge in [0, 0.05) is 17.6 Å². The van der Waals surface area contributed by atoms with Crippen molar-refractivity contribution in [2.75, 3.05) is 20.8 Å². The van der Waals surface area contributed by atoms with Crippen molar-refractivity contribution in [1.82, 2.24) is 10.6 Å². The molecule has 0 aromatic heterocycles. The van der Waals surface area contributed by atoms with Crippen LogP contribution < -0.4 is 24.8 Å². The minimum absolute atomic E-state index is 0.184. The van der Waals surface area contributed by atoms with E-state index in [-0.39, 0.29) is 11.0 Å². The van der Waals surface area contributed by atoms with Crippen LogP contribution in [-0.4, -0.2) is 31.8 Å². The van der Waals surface area contributed by atoms with E-state index in [9.17, 15) is 4.79 Å². The molecule has 2 N–H and O–H groups in total. The van der Waals surface area contributed by atoms with Crippen LogP contribution in [0.25, 0.3) is 0 Å². The zero-order valence-electron chi connectivity index (χ0n) is 16.7. The molecule has 0 unspecified atom stereocenters. The first-order valence-corrected chi connectivity index (χ1v) is 10.00. The fourth-order valence-corrected chi connectivity index (χ4v) is 2.91. The summed E-state index contributed by atoms with van der Waals surface area (Å²) in [7, 11) is 3.09. The van der Waals surface area contributed by atoms with Crippen LogP contribution in [-0.2, 0) is 6.54 Å². The second kappa shape index (κ2) is 11.5. The van der Waals surface area contributed by atoms with Gasteiger partial charge in [-0.1, -0.05) is 37.1 Å². The fourth-order valence-electron chi connectivity index (χ4n) is 2.53. The Balaban J connectivity index is 1.99. The first kappa shape index (κ1) is 22.8. The summed E-state index contributed by atoms with van der Waals surface area (Å²) in [6.45, 7) is 2.95. The second-order valence-electron chi connectivity index (χ2n) is 6.13. The Morgan fingerprint density at radius 2 is 1.79 bits per heavy atom. The minimum atomic E-state index is -0.340. The second-order valence-corrected chi connectivity index (χ2v) is 6.95. The Kier molecular flexibility index (Phi) is 9.02. The average molecular weight is 437 g/mol. The summed E-state index contributed by atoms with van der Waals surface area (Å²) in [6, 6.07) is 10.5. The van der Waals surface area contributed by atoms with Crippen molar-refractivity contribution in [3.05, 3.63) is 52.5 Å². The van der Waals surface area contributed by atoms with Crippen molar-refractivity contribution in [2.24, 2.45) is 0 Å². The van der Waals surface area contributed by atoms with Crippen molar-refractivity contribution in [2.45, 2.75) is 26.3 Å². The van der Waals surface area contributed by atoms with Gasteiger partial charge in [0.2, 0.25) is 0 Å². The standard InChI is InChI=1S/C21H25ClN2O4S/c1-4-5-10-28-17-9-7-6-8-15(17)20(25)24-21(29)23-13-14-11-18(26-2)19(27-3)12-16(14)22/h6-9,11-12H,4-5,10,13H2,1-3H3,(H2,23,24,25,29). The third kappa shape index (κ3) is 6.51. The van der Waals surface area contributed by atoms with Gasteiger partial charge in [-0.2, -0.15) is 0 Å². The van der Waals surface area contributed by atoms with E-state index in [1.807, 2.05) is 6.07 Å². The number of hydrogen-bond donors (Lipinski definition) is 2. The van der Waals surface area contributed by atoms with E-state index in [1.54, 1.807) is 44.6 Å². The van der Waals surface area contributed by atoms with Gasteiger partial charge in [-0.3, -0.25) is 10.1 Å². The maximum Gasteiger partial charge on any atom is 0.261 e. The number of para-hydroxylation sites is 1. The molecule has 2 rings (SSSR count). The van der Waals surface area contributed by atoms with Crippen LogP contribution in [0.5, 0.6) is 17.2 Å². The molecule has 1 amide bonds. The zero-order chi connectivity index (χ0) is 21.2. The molecule has 0 aliphatic carbocycles. The Hall–Kier alpha value is -2.51. The highest BCUT2D eigenvalue weighted by Gasteiger charge is 2.14. The molecule has 0 bridgehead atoms. The highest BCUT2D eigenvalue weighted by atomic mass is 35.5. The summed E-state index contributed by atoms with van der Waals surface area (Å²) in [5, 5.41) is 6.33. The Bertz CT molecular complexity index is 861. The number of nitrogens with one attached hydrogen (secondary N) is 2. The van der Waals surface area contributed by atoms with E-state index in [2.05, 4.69) is 17.6 Å². The van der Waals surface area contributed by atoms with Crippen LogP contribution in [0.2, 0.25) is 5.02 Å². The van der Waals surface area contributed by atoms with Gasteiger partial charge in [0.25, 0.3) is 5.91 Å². The molecule has 0 atom stereocenters. The number of hydrogen-bond acceptors (Lipinski definition) is 5. The number of ether oxygens (including phenoxy) is 3. The molecule has 0 radical (unpaired) electrons. The number of benzene rings is 2. The van der Waals surface area contributed by atoms with Crippen molar-refractivity contribution >= 4 is 34.8 Å². The third-order valence-electron chi connectivity index (χ3n) is 4.11. The van der Waals surface area contributed by atoms with Crippen LogP contribution in [0.4, 0.5) is 0 Å². The summed E-state index contributed by atoms with van der Waals surface area (Å²) >= 11 is 11.5. The predicted octanol–water partition coefficient (Wildman–Crippen LogP) is 4.34. The van der Waals surface area contributed by atoms with Crippen LogP contribution in [0.3, 0.4) is 0 Å². The van der Waals surface area contributed by atoms with Gasteiger partial charge in [-0.05, 0) is 42.4 Å². The topological polar surface area (TPSA) is 68.8 Å². The van der Waals surface area contributed by atoms with Gasteiger partial charge in [0.05, 0.1) is 26.4 Å². The summed E-state index contributed by atoms with van der Waals surface area (Å²) in [5.74, 6) is 1.29. The quantitative estimate of drug-likeness (QED) is 0.450. The highest BCUT2D eigenvalue weighted by Crippen LogP contribution is 2.33. The first-order valence-electron chi connectivity index (χ1n) is 9.21. The van der Waals surface area contributed by atoms with E-state index in [0.29, 0.717) is 41.0 Å². The van der Waals surface area contributed by atoms with Gasteiger partial charge in [0.15, 0.2) is 16.6 Å². The molecule has 0 heterocycles. The van der Waals surface area contributed by atoms with Crippen molar-refractivity contribution in [1.29, 1.82) is 0 Å². The number of amides is 1. The maximum absolute atomic E-state index is 12.6. The number of rotatable bonds is 9. The Morgan fingerprint density at radius 3 is 2.48 bits per heavy atom. The van der Waals surface area contributed by atoms with E-state index < -0.39 is 0 Å². The lowest BCUT2D eigenvalue weighted by molar-refractivity contribution is 0.0972. The van der Waals surface area contributed by atoms with Crippen LogP contribution in [0.1, 0.15) is 35.7 Å². The minimum Gasteiger partial charge on any atom is -0.493 e. The number of carbonyl (C=O) groups excluding carboxylic acids is 1. The number of methoxy groups -OCH3 is 2. The zero-order valence-corrected chi connectivity index (χ0v) is 18.3. The van der Waals surface area contributed by atoms with Gasteiger partial charge in [-0.25, -0.2) is 0 Å². The van der Waals surface area contributed by atoms with Crippen LogP contribution >= 0.6 is 23.8 Å². The van der Waals surface area contributed by atoms with E-state index in [0.717, 1.165) is 18.4 Å². The van der Waals surface area contributed by atoms with Gasteiger partial charge in [-0.15, -0.1) is 0 Å². The van der Waals surface area contributed by atoms with Crippen LogP contribution in [0, 0.1) is 0 Å². The van der Waals surface area contributed by atoms with Crippen molar-refractivity contribution < 1.29 is 19.0 Å². The summed E-state index contributed by atoms with van der Waals surface area (Å²) in [4.78, 5) is 12.6. The predicted molar refractivity (Wildman–Crippen MR) is 118 cm³/mol. The molecule has 6 nitrogen and oxygen atoms in total. The largest absolute Gasteiger partial charge is 0.493 e. The van der Waals surface area contributed by atoms with Gasteiger partial charge < -0.3 is 19.5 Å². The lowest BCUT2D eigenvalue weighted by Gasteiger charge is -2.14. The number of unbranched alkanes of at least 4 members (excludes halogenated alkanes) is 1. The SMILES string of the molecule is CCCCOc1ccccc1C(=O)NC(=S)NCc1cc(OC)c(OC)cc1Cl. The first-order chi connectivity index (χ1) is 14.0. The molecule has 29 heavy (non-hydrogen) atoms. The van der Waals surface area contributed by atoms with Crippen molar-refractivity contribution in [3.8, 4) is 17.2 Å². The lowest BCUT2D eigenvalue weighted by Crippen LogP contribution is -2.39. The third-order valence-corrected chi connectivity index (χ3v) is 4.70. The maximum atomic E-state index is 12.6. The molecule has 8 heteroatoms. The summed E-state index contributed by atoms with van der Waals surface area (Å²) < 4.78 is 16.2. The molecule has 2 aromatic rings.